The number of unbranched alkanes of at least 4 members (excludes halogenated alkanes) is 42. The van der Waals surface area contributed by atoms with E-state index in [9.17, 15) is 14.4 Å². The van der Waals surface area contributed by atoms with Crippen molar-refractivity contribution in [1.82, 2.24) is 0 Å². The van der Waals surface area contributed by atoms with Crippen molar-refractivity contribution in [3.63, 3.8) is 0 Å². The van der Waals surface area contributed by atoms with E-state index in [1.807, 2.05) is 0 Å². The van der Waals surface area contributed by atoms with Crippen LogP contribution >= 0.6 is 0 Å². The molecule has 6 nitrogen and oxygen atoms in total. The molecule has 0 bridgehead atoms. The maximum atomic E-state index is 12.9. The normalized spacial score (nSPS) is 12.5. The summed E-state index contributed by atoms with van der Waals surface area (Å²) in [6, 6.07) is 0. The molecule has 0 fully saturated rings. The molecule has 1 atom stereocenters. The molecule has 0 aliphatic heterocycles. The third-order valence-corrected chi connectivity index (χ3v) is 15.7. The van der Waals surface area contributed by atoms with Crippen molar-refractivity contribution in [2.24, 2.45) is 0 Å². The minimum atomic E-state index is -0.808. The highest BCUT2D eigenvalue weighted by Crippen LogP contribution is 2.18. The Balaban J connectivity index is 4.12. The van der Waals surface area contributed by atoms with Gasteiger partial charge in [-0.1, -0.05) is 338 Å². The van der Waals surface area contributed by atoms with Gasteiger partial charge in [0, 0.05) is 19.3 Å². The van der Waals surface area contributed by atoms with Gasteiger partial charge in [0.1, 0.15) is 13.2 Å². The summed E-state index contributed by atoms with van der Waals surface area (Å²) in [4.78, 5) is 38.3. The quantitative estimate of drug-likeness (QED) is 0.0261. The number of carbonyl (C=O) groups is 3. The molecule has 0 saturated carbocycles. The zero-order valence-corrected chi connectivity index (χ0v) is 54.1. The Morgan fingerprint density at radius 1 is 0.259 bits per heavy atom. The zero-order valence-electron chi connectivity index (χ0n) is 54.1. The van der Waals surface area contributed by atoms with Crippen LogP contribution in [0.15, 0.2) is 72.9 Å². The average Bonchev–Trinajstić information content (AvgIpc) is 3.47. The molecular formula is C75H134O6. The van der Waals surface area contributed by atoms with Crippen molar-refractivity contribution in [3.8, 4) is 0 Å². The molecule has 0 aromatic rings. The van der Waals surface area contributed by atoms with Gasteiger partial charge in [-0.15, -0.1) is 0 Å². The number of hydrogen-bond donors (Lipinski definition) is 0. The third kappa shape index (κ3) is 67.5. The Kier molecular flexibility index (Phi) is 66.6. The lowest BCUT2D eigenvalue weighted by molar-refractivity contribution is -0.167. The zero-order chi connectivity index (χ0) is 58.5. The lowest BCUT2D eigenvalue weighted by atomic mass is 10.0. The number of hydrogen-bond acceptors (Lipinski definition) is 6. The maximum absolute atomic E-state index is 12.9. The van der Waals surface area contributed by atoms with Crippen molar-refractivity contribution in [3.05, 3.63) is 72.9 Å². The Labute approximate surface area is 503 Å². The van der Waals surface area contributed by atoms with Crippen LogP contribution in [-0.4, -0.2) is 37.2 Å². The minimum absolute atomic E-state index is 0.0979. The SMILES string of the molecule is CC/C=C\C/C=C\C/C=C\C/C=C\C/C=C\CCCC(=O)OC(COC(=O)CCCCCCC/C=C\CCCCC)COC(=O)CCCCCCCCCCCCCCCCCCCCCCCCCCCCCCCCCCCC. The molecule has 0 aromatic heterocycles. The molecule has 0 rings (SSSR count). The summed E-state index contributed by atoms with van der Waals surface area (Å²) in [7, 11) is 0. The van der Waals surface area contributed by atoms with E-state index in [-0.39, 0.29) is 37.5 Å². The molecule has 0 radical (unpaired) electrons. The van der Waals surface area contributed by atoms with Gasteiger partial charge in [-0.2, -0.15) is 0 Å². The van der Waals surface area contributed by atoms with Crippen LogP contribution in [0, 0.1) is 0 Å². The van der Waals surface area contributed by atoms with Crippen LogP contribution in [0.25, 0.3) is 0 Å². The van der Waals surface area contributed by atoms with Gasteiger partial charge >= 0.3 is 17.9 Å². The number of allylic oxidation sites excluding steroid dienone is 12. The summed E-state index contributed by atoms with van der Waals surface area (Å²) >= 11 is 0. The lowest BCUT2D eigenvalue weighted by Gasteiger charge is -2.18. The van der Waals surface area contributed by atoms with Crippen LogP contribution < -0.4 is 0 Å². The second kappa shape index (κ2) is 69.3. The van der Waals surface area contributed by atoms with E-state index in [0.717, 1.165) is 83.5 Å². The lowest BCUT2D eigenvalue weighted by Crippen LogP contribution is -2.30. The first-order chi connectivity index (χ1) is 40.0. The second-order valence-electron chi connectivity index (χ2n) is 23.8. The molecule has 0 N–H and O–H groups in total. The maximum Gasteiger partial charge on any atom is 0.306 e. The average molecular weight is 1130 g/mol. The van der Waals surface area contributed by atoms with E-state index >= 15 is 0 Å². The molecule has 0 spiro atoms. The fraction of sp³-hybridized carbons (Fsp3) is 0.800. The van der Waals surface area contributed by atoms with E-state index < -0.39 is 6.10 Å². The summed E-state index contributed by atoms with van der Waals surface area (Å²) in [5.41, 5.74) is 0. The van der Waals surface area contributed by atoms with Gasteiger partial charge in [-0.25, -0.2) is 0 Å². The third-order valence-electron chi connectivity index (χ3n) is 15.7. The molecule has 0 heterocycles. The first kappa shape index (κ1) is 77.9. The largest absolute Gasteiger partial charge is 0.462 e. The van der Waals surface area contributed by atoms with Gasteiger partial charge in [0.15, 0.2) is 6.10 Å². The topological polar surface area (TPSA) is 78.9 Å². The Hall–Kier alpha value is -3.15. The fourth-order valence-corrected chi connectivity index (χ4v) is 10.4. The van der Waals surface area contributed by atoms with Gasteiger partial charge in [-0.3, -0.25) is 14.4 Å². The monoisotopic (exact) mass is 1130 g/mol. The molecule has 0 aromatic carbocycles. The standard InChI is InChI=1S/C75H134O6/c1-4-7-10-13-16-19-22-25-27-29-30-31-32-33-34-35-36-37-38-39-40-41-42-43-44-45-47-48-50-53-56-59-62-65-68-74(77)80-71-72(70-79-73(76)67-64-61-58-55-52-24-21-18-15-12-9-6-3)81-75(78)69-66-63-60-57-54-51-49-46-28-26-23-20-17-14-11-8-5-2/h8,11,17-18,20-21,26,28,49,51,57,60,72H,4-7,9-10,12-16,19,22-25,27,29-48,50,52-56,58-59,61-71H2,1-3H3/b11-8-,20-17-,21-18-,28-26-,51-49-,60-57-. The van der Waals surface area contributed by atoms with Crippen molar-refractivity contribution in [1.29, 1.82) is 0 Å². The van der Waals surface area contributed by atoms with Crippen molar-refractivity contribution in [2.45, 2.75) is 374 Å². The molecule has 0 amide bonds. The summed E-state index contributed by atoms with van der Waals surface area (Å²) in [6.45, 7) is 6.49. The summed E-state index contributed by atoms with van der Waals surface area (Å²) < 4.78 is 16.9. The van der Waals surface area contributed by atoms with Crippen LogP contribution in [0.4, 0.5) is 0 Å². The number of ether oxygens (including phenoxy) is 3. The van der Waals surface area contributed by atoms with Crippen LogP contribution in [0.2, 0.25) is 0 Å². The fourth-order valence-electron chi connectivity index (χ4n) is 10.4. The van der Waals surface area contributed by atoms with Crippen molar-refractivity contribution in [2.75, 3.05) is 13.2 Å². The van der Waals surface area contributed by atoms with Crippen LogP contribution in [0.3, 0.4) is 0 Å². The summed E-state index contributed by atoms with van der Waals surface area (Å²) in [5, 5.41) is 0. The highest BCUT2D eigenvalue weighted by Gasteiger charge is 2.19. The predicted molar refractivity (Wildman–Crippen MR) is 353 cm³/mol. The predicted octanol–water partition coefficient (Wildman–Crippen LogP) is 24.4. The van der Waals surface area contributed by atoms with E-state index in [4.69, 9.17) is 14.2 Å². The van der Waals surface area contributed by atoms with Gasteiger partial charge in [0.25, 0.3) is 0 Å². The van der Waals surface area contributed by atoms with Crippen molar-refractivity contribution < 1.29 is 28.6 Å². The number of rotatable bonds is 65. The molecule has 0 aliphatic rings. The molecule has 0 aliphatic carbocycles. The smallest absolute Gasteiger partial charge is 0.306 e. The molecule has 1 unspecified atom stereocenters. The second-order valence-corrected chi connectivity index (χ2v) is 23.8. The van der Waals surface area contributed by atoms with Gasteiger partial charge in [0.2, 0.25) is 0 Å². The Bertz CT molecular complexity index is 1490. The van der Waals surface area contributed by atoms with Gasteiger partial charge < -0.3 is 14.2 Å². The highest BCUT2D eigenvalue weighted by atomic mass is 16.6. The Morgan fingerprint density at radius 3 is 0.827 bits per heavy atom. The molecule has 0 saturated heterocycles. The van der Waals surface area contributed by atoms with Crippen LogP contribution in [-0.2, 0) is 28.6 Å². The number of esters is 3. The number of carbonyl (C=O) groups excluding carboxylic acids is 3. The van der Waals surface area contributed by atoms with Gasteiger partial charge in [0.05, 0.1) is 0 Å². The summed E-state index contributed by atoms with van der Waals surface area (Å²) in [5.74, 6) is -0.951. The first-order valence-corrected chi connectivity index (χ1v) is 35.4. The molecule has 81 heavy (non-hydrogen) atoms. The van der Waals surface area contributed by atoms with Gasteiger partial charge in [-0.05, 0) is 83.5 Å². The van der Waals surface area contributed by atoms with E-state index in [1.54, 1.807) is 0 Å². The van der Waals surface area contributed by atoms with E-state index in [2.05, 4.69) is 93.7 Å². The minimum Gasteiger partial charge on any atom is -0.462 e. The van der Waals surface area contributed by atoms with E-state index in [1.165, 1.54) is 238 Å². The van der Waals surface area contributed by atoms with Crippen LogP contribution in [0.5, 0.6) is 0 Å². The van der Waals surface area contributed by atoms with E-state index in [0.29, 0.717) is 19.3 Å². The summed E-state index contributed by atoms with van der Waals surface area (Å²) in [6.07, 6.45) is 91.2. The van der Waals surface area contributed by atoms with Crippen molar-refractivity contribution >= 4 is 17.9 Å². The molecule has 470 valence electrons. The van der Waals surface area contributed by atoms with Crippen LogP contribution in [0.1, 0.15) is 367 Å². The highest BCUT2D eigenvalue weighted by molar-refractivity contribution is 5.71. The molecular weight excluding hydrogens is 997 g/mol. The Morgan fingerprint density at radius 2 is 0.494 bits per heavy atom. The first-order valence-electron chi connectivity index (χ1n) is 35.4. The molecule has 6 heteroatoms.